The van der Waals surface area contributed by atoms with Crippen molar-refractivity contribution in [3.05, 3.63) is 57.0 Å². The molecule has 0 saturated carbocycles. The molecule has 2 aliphatic rings. The van der Waals surface area contributed by atoms with Gasteiger partial charge in [0.05, 0.1) is 17.0 Å². The number of carbonyl (C=O) groups excluding carboxylic acids is 1. The van der Waals surface area contributed by atoms with Crippen LogP contribution in [0.3, 0.4) is 0 Å². The van der Waals surface area contributed by atoms with E-state index in [-0.39, 0.29) is 12.7 Å². The fraction of sp³-hybridized carbons (Fsp3) is 0.111. The van der Waals surface area contributed by atoms with Crippen LogP contribution in [0, 0.1) is 0 Å². The van der Waals surface area contributed by atoms with E-state index in [4.69, 9.17) is 21.1 Å². The van der Waals surface area contributed by atoms with E-state index in [1.165, 1.54) is 5.01 Å². The average Bonchev–Trinajstić information content (AvgIpc) is 3.14. The van der Waals surface area contributed by atoms with Crippen molar-refractivity contribution in [1.82, 2.24) is 0 Å². The molecule has 7 heteroatoms. The van der Waals surface area contributed by atoms with Crippen LogP contribution in [0.1, 0.15) is 12.5 Å². The van der Waals surface area contributed by atoms with Gasteiger partial charge in [0.1, 0.15) is 0 Å². The third kappa shape index (κ3) is 2.92. The Bertz CT molecular complexity index is 955. The molecule has 0 unspecified atom stereocenters. The van der Waals surface area contributed by atoms with Gasteiger partial charge in [-0.1, -0.05) is 33.6 Å². The molecule has 0 spiro atoms. The Kier molecular flexibility index (Phi) is 4.01. The van der Waals surface area contributed by atoms with Gasteiger partial charge in [0.25, 0.3) is 5.91 Å². The Morgan fingerprint density at radius 3 is 2.76 bits per heavy atom. The molecule has 0 radical (unpaired) electrons. The molecule has 1 amide bonds. The van der Waals surface area contributed by atoms with Gasteiger partial charge in [-0.05, 0) is 48.9 Å². The maximum atomic E-state index is 12.8. The van der Waals surface area contributed by atoms with Crippen molar-refractivity contribution in [2.45, 2.75) is 6.92 Å². The normalized spacial score (nSPS) is 17.4. The quantitative estimate of drug-likeness (QED) is 0.667. The Labute approximate surface area is 157 Å². The molecule has 2 heterocycles. The van der Waals surface area contributed by atoms with Crippen LogP contribution >= 0.6 is 27.5 Å². The van der Waals surface area contributed by atoms with Crippen molar-refractivity contribution < 1.29 is 14.3 Å². The zero-order valence-corrected chi connectivity index (χ0v) is 15.5. The summed E-state index contributed by atoms with van der Waals surface area (Å²) in [6.45, 7) is 2.00. The number of carbonyl (C=O) groups is 1. The van der Waals surface area contributed by atoms with Gasteiger partial charge in [0.2, 0.25) is 6.79 Å². The van der Waals surface area contributed by atoms with Gasteiger partial charge in [-0.3, -0.25) is 4.79 Å². The molecular weight excluding hydrogens is 408 g/mol. The predicted molar refractivity (Wildman–Crippen MR) is 100 cm³/mol. The fourth-order valence-electron chi connectivity index (χ4n) is 2.67. The van der Waals surface area contributed by atoms with Gasteiger partial charge < -0.3 is 9.47 Å². The Morgan fingerprint density at radius 1 is 1.24 bits per heavy atom. The lowest BCUT2D eigenvalue weighted by atomic mass is 10.1. The van der Waals surface area contributed by atoms with Gasteiger partial charge in [0, 0.05) is 9.50 Å². The molecule has 0 bridgehead atoms. The van der Waals surface area contributed by atoms with Crippen LogP contribution in [0.4, 0.5) is 5.69 Å². The Balaban J connectivity index is 1.71. The summed E-state index contributed by atoms with van der Waals surface area (Å²) in [6, 6.07) is 10.7. The van der Waals surface area contributed by atoms with Gasteiger partial charge in [0.15, 0.2) is 11.5 Å². The highest BCUT2D eigenvalue weighted by Crippen LogP contribution is 2.38. The monoisotopic (exact) mass is 418 g/mol. The van der Waals surface area contributed by atoms with E-state index >= 15 is 0 Å². The zero-order chi connectivity index (χ0) is 17.6. The molecule has 0 saturated heterocycles. The highest BCUT2D eigenvalue weighted by molar-refractivity contribution is 9.10. The fourth-order valence-corrected chi connectivity index (χ4v) is 3.29. The van der Waals surface area contributed by atoms with Crippen molar-refractivity contribution in [3.8, 4) is 11.5 Å². The van der Waals surface area contributed by atoms with E-state index in [0.717, 1.165) is 10.0 Å². The first kappa shape index (κ1) is 16.2. The molecule has 2 aliphatic heterocycles. The minimum absolute atomic E-state index is 0.198. The van der Waals surface area contributed by atoms with Crippen molar-refractivity contribution >= 4 is 50.9 Å². The SMILES string of the molecule is CC1=NN(c2cccc(Cl)c2)C(=O)/C1=C/c1cc2c(cc1Br)OCO2. The first-order valence-electron chi connectivity index (χ1n) is 7.49. The van der Waals surface area contributed by atoms with Crippen LogP contribution in [-0.4, -0.2) is 18.4 Å². The maximum Gasteiger partial charge on any atom is 0.280 e. The summed E-state index contributed by atoms with van der Waals surface area (Å²) >= 11 is 9.52. The third-order valence-corrected chi connectivity index (χ3v) is 4.83. The lowest BCUT2D eigenvalue weighted by molar-refractivity contribution is -0.114. The second-order valence-electron chi connectivity index (χ2n) is 5.57. The van der Waals surface area contributed by atoms with Gasteiger partial charge in [-0.25, -0.2) is 0 Å². The minimum Gasteiger partial charge on any atom is -0.454 e. The van der Waals surface area contributed by atoms with E-state index in [0.29, 0.717) is 33.5 Å². The standard InChI is InChI=1S/C18H12BrClN2O3/c1-10-14(5-11-6-16-17(8-15(11)19)25-9-24-16)18(23)22(21-10)13-4-2-3-12(20)7-13/h2-8H,9H2,1H3/b14-5+. The van der Waals surface area contributed by atoms with Crippen LogP contribution in [0.25, 0.3) is 6.08 Å². The number of hydrogen-bond acceptors (Lipinski definition) is 4. The topological polar surface area (TPSA) is 51.1 Å². The number of nitrogens with zero attached hydrogens (tertiary/aromatic N) is 2. The lowest BCUT2D eigenvalue weighted by Gasteiger charge is -2.11. The van der Waals surface area contributed by atoms with E-state index in [1.807, 2.05) is 12.1 Å². The zero-order valence-electron chi connectivity index (χ0n) is 13.1. The number of amides is 1. The Hall–Kier alpha value is -2.31. The number of hydrogen-bond donors (Lipinski definition) is 0. The van der Waals surface area contributed by atoms with Gasteiger partial charge in [-0.2, -0.15) is 10.1 Å². The van der Waals surface area contributed by atoms with Crippen LogP contribution in [0.5, 0.6) is 11.5 Å². The summed E-state index contributed by atoms with van der Waals surface area (Å²) in [5, 5.41) is 6.27. The second kappa shape index (κ2) is 6.20. The molecule has 0 atom stereocenters. The molecule has 4 rings (SSSR count). The molecular formula is C18H12BrClN2O3. The molecule has 126 valence electrons. The molecule has 25 heavy (non-hydrogen) atoms. The summed E-state index contributed by atoms with van der Waals surface area (Å²) < 4.78 is 11.6. The maximum absolute atomic E-state index is 12.8. The molecule has 0 fully saturated rings. The number of benzene rings is 2. The van der Waals surface area contributed by atoms with Gasteiger partial charge in [-0.15, -0.1) is 0 Å². The minimum atomic E-state index is -0.204. The summed E-state index contributed by atoms with van der Waals surface area (Å²) in [7, 11) is 0. The van der Waals surface area contributed by atoms with Crippen LogP contribution in [0.2, 0.25) is 5.02 Å². The van der Waals surface area contributed by atoms with E-state index in [1.54, 1.807) is 37.3 Å². The van der Waals surface area contributed by atoms with Crippen molar-refractivity contribution in [1.29, 1.82) is 0 Å². The second-order valence-corrected chi connectivity index (χ2v) is 6.86. The molecule has 0 N–H and O–H groups in total. The van der Waals surface area contributed by atoms with Gasteiger partial charge >= 0.3 is 0 Å². The number of rotatable bonds is 2. The third-order valence-electron chi connectivity index (χ3n) is 3.91. The lowest BCUT2D eigenvalue weighted by Crippen LogP contribution is -2.21. The summed E-state index contributed by atoms with van der Waals surface area (Å²) in [6.07, 6.45) is 1.79. The van der Waals surface area contributed by atoms with Crippen molar-refractivity contribution in [3.63, 3.8) is 0 Å². The average molecular weight is 420 g/mol. The summed E-state index contributed by atoms with van der Waals surface area (Å²) in [5.74, 6) is 1.13. The van der Waals surface area contributed by atoms with Crippen LogP contribution < -0.4 is 14.5 Å². The largest absolute Gasteiger partial charge is 0.454 e. The van der Waals surface area contributed by atoms with E-state index in [2.05, 4.69) is 21.0 Å². The van der Waals surface area contributed by atoms with Crippen LogP contribution in [-0.2, 0) is 4.79 Å². The van der Waals surface area contributed by atoms with Crippen LogP contribution in [0.15, 0.2) is 51.5 Å². The van der Waals surface area contributed by atoms with E-state index < -0.39 is 0 Å². The number of halogens is 2. The van der Waals surface area contributed by atoms with Crippen molar-refractivity contribution in [2.75, 3.05) is 11.8 Å². The summed E-state index contributed by atoms with van der Waals surface area (Å²) in [5.41, 5.74) is 2.59. The number of anilines is 1. The predicted octanol–water partition coefficient (Wildman–Crippen LogP) is 4.64. The number of ether oxygens (including phenoxy) is 2. The molecule has 2 aromatic carbocycles. The Morgan fingerprint density at radius 2 is 2.00 bits per heavy atom. The summed E-state index contributed by atoms with van der Waals surface area (Å²) in [4.78, 5) is 12.8. The number of fused-ring (bicyclic) bond motifs is 1. The highest BCUT2D eigenvalue weighted by Gasteiger charge is 2.29. The number of hydrazone groups is 1. The molecule has 2 aromatic rings. The first-order valence-corrected chi connectivity index (χ1v) is 8.66. The van der Waals surface area contributed by atoms with E-state index in [9.17, 15) is 4.79 Å². The smallest absolute Gasteiger partial charge is 0.280 e. The molecule has 0 aliphatic carbocycles. The first-order chi connectivity index (χ1) is 12.0. The molecule has 0 aromatic heterocycles. The van der Waals surface area contributed by atoms with Crippen molar-refractivity contribution in [2.24, 2.45) is 5.10 Å². The molecule has 5 nitrogen and oxygen atoms in total. The highest BCUT2D eigenvalue weighted by atomic mass is 79.9.